The third-order valence-electron chi connectivity index (χ3n) is 6.65. The predicted octanol–water partition coefficient (Wildman–Crippen LogP) is 5.29. The van der Waals surface area contributed by atoms with Gasteiger partial charge in [0, 0.05) is 17.1 Å². The number of rotatable bonds is 12. The highest BCUT2D eigenvalue weighted by Crippen LogP contribution is 2.32. The van der Waals surface area contributed by atoms with Gasteiger partial charge in [-0.2, -0.15) is 0 Å². The van der Waals surface area contributed by atoms with Gasteiger partial charge in [0.1, 0.15) is 18.3 Å². The molecule has 0 radical (unpaired) electrons. The van der Waals surface area contributed by atoms with E-state index in [1.165, 1.54) is 24.1 Å². The van der Waals surface area contributed by atoms with Crippen LogP contribution < -0.4 is 14.4 Å². The number of carbonyl (C=O) groups excluding carboxylic acids is 2. The summed E-state index contributed by atoms with van der Waals surface area (Å²) in [6, 6.07) is 19.6. The summed E-state index contributed by atoms with van der Waals surface area (Å²) in [5.41, 5.74) is 1.91. The van der Waals surface area contributed by atoms with Crippen LogP contribution in [0.25, 0.3) is 0 Å². The molecule has 2 amide bonds. The standard InChI is InChI=1S/C30H36BrN3O5S/c1-6-22(3)32-30(36)23(4)33(19-24-10-9-11-25(31)18-24)29(35)20-34(27-12-7-8-13-28(27)39-5)40(37,38)26-16-14-21(2)15-17-26/h7-18,22-23H,6,19-20H2,1-5H3,(H,32,36)/t22-,23+/m0/s1. The number of halogens is 1. The van der Waals surface area contributed by atoms with Gasteiger partial charge in [-0.3, -0.25) is 13.9 Å². The number of nitrogens with one attached hydrogen (secondary N) is 1. The summed E-state index contributed by atoms with van der Waals surface area (Å²) in [5, 5.41) is 2.93. The Bertz CT molecular complexity index is 1430. The zero-order valence-electron chi connectivity index (χ0n) is 23.4. The van der Waals surface area contributed by atoms with Crippen LogP contribution in [0, 0.1) is 6.92 Å². The van der Waals surface area contributed by atoms with Gasteiger partial charge in [-0.1, -0.05) is 64.8 Å². The van der Waals surface area contributed by atoms with Crippen molar-refractivity contribution in [3.63, 3.8) is 0 Å². The van der Waals surface area contributed by atoms with E-state index < -0.39 is 28.5 Å². The van der Waals surface area contributed by atoms with Crippen LogP contribution in [0.5, 0.6) is 5.75 Å². The van der Waals surface area contributed by atoms with Crippen molar-refractivity contribution in [3.05, 3.63) is 88.4 Å². The first-order valence-electron chi connectivity index (χ1n) is 13.0. The lowest BCUT2D eigenvalue weighted by atomic mass is 10.1. The largest absolute Gasteiger partial charge is 0.495 e. The SMILES string of the molecule is CC[C@H](C)NC(=O)[C@@H](C)N(Cc1cccc(Br)c1)C(=O)CN(c1ccccc1OC)S(=O)(=O)c1ccc(C)cc1. The van der Waals surface area contributed by atoms with Crippen LogP contribution >= 0.6 is 15.9 Å². The van der Waals surface area contributed by atoms with Crippen molar-refractivity contribution < 1.29 is 22.7 Å². The van der Waals surface area contributed by atoms with E-state index in [1.54, 1.807) is 43.3 Å². The van der Waals surface area contributed by atoms with Crippen molar-refractivity contribution in [2.75, 3.05) is 18.0 Å². The molecule has 0 spiro atoms. The number of ether oxygens (including phenoxy) is 1. The Morgan fingerprint density at radius 1 is 1.00 bits per heavy atom. The fourth-order valence-electron chi connectivity index (χ4n) is 4.07. The molecule has 0 saturated carbocycles. The van der Waals surface area contributed by atoms with Crippen molar-refractivity contribution in [1.82, 2.24) is 10.2 Å². The topological polar surface area (TPSA) is 96.0 Å². The predicted molar refractivity (Wildman–Crippen MR) is 161 cm³/mol. The molecule has 3 rings (SSSR count). The molecule has 8 nitrogen and oxygen atoms in total. The molecule has 0 saturated heterocycles. The Kier molecular flexibility index (Phi) is 10.8. The molecular weight excluding hydrogens is 594 g/mol. The normalized spacial score (nSPS) is 12.8. The highest BCUT2D eigenvalue weighted by atomic mass is 79.9. The first-order valence-corrected chi connectivity index (χ1v) is 15.3. The molecule has 214 valence electrons. The fourth-order valence-corrected chi connectivity index (χ4v) is 5.94. The summed E-state index contributed by atoms with van der Waals surface area (Å²) in [5.74, 6) is -0.552. The van der Waals surface area contributed by atoms with Crippen LogP contribution in [0.2, 0.25) is 0 Å². The third-order valence-corrected chi connectivity index (χ3v) is 8.92. The quantitative estimate of drug-likeness (QED) is 0.294. The first-order chi connectivity index (χ1) is 19.0. The number of aryl methyl sites for hydroxylation is 1. The summed E-state index contributed by atoms with van der Waals surface area (Å²) in [7, 11) is -2.74. The number of hydrogen-bond acceptors (Lipinski definition) is 5. The summed E-state index contributed by atoms with van der Waals surface area (Å²) in [6.07, 6.45) is 0.731. The second-order valence-corrected chi connectivity index (χ2v) is 12.4. The molecular formula is C30H36BrN3O5S. The second kappa shape index (κ2) is 13.8. The van der Waals surface area contributed by atoms with Crippen molar-refractivity contribution >= 4 is 43.5 Å². The first kappa shape index (κ1) is 31.2. The molecule has 0 aliphatic heterocycles. The van der Waals surface area contributed by atoms with Crippen LogP contribution in [0.4, 0.5) is 5.69 Å². The zero-order valence-corrected chi connectivity index (χ0v) is 25.8. The van der Waals surface area contributed by atoms with Crippen molar-refractivity contribution in [2.24, 2.45) is 0 Å². The summed E-state index contributed by atoms with van der Waals surface area (Å²) >= 11 is 3.46. The van der Waals surface area contributed by atoms with Crippen LogP contribution in [0.3, 0.4) is 0 Å². The molecule has 0 aromatic heterocycles. The number of methoxy groups -OCH3 is 1. The fraction of sp³-hybridized carbons (Fsp3) is 0.333. The summed E-state index contributed by atoms with van der Waals surface area (Å²) in [6.45, 7) is 6.94. The minimum absolute atomic E-state index is 0.0397. The molecule has 3 aromatic carbocycles. The Hall–Kier alpha value is -3.37. The lowest BCUT2D eigenvalue weighted by Crippen LogP contribution is -2.52. The maximum atomic E-state index is 14.0. The Morgan fingerprint density at radius 3 is 2.30 bits per heavy atom. The number of benzene rings is 3. The highest BCUT2D eigenvalue weighted by Gasteiger charge is 2.34. The van der Waals surface area contributed by atoms with Crippen LogP contribution in [0.1, 0.15) is 38.3 Å². The maximum absolute atomic E-state index is 14.0. The average Bonchev–Trinajstić information content (AvgIpc) is 2.94. The molecule has 0 bridgehead atoms. The molecule has 0 unspecified atom stereocenters. The van der Waals surface area contributed by atoms with E-state index in [9.17, 15) is 18.0 Å². The van der Waals surface area contributed by atoms with Crippen molar-refractivity contribution in [2.45, 2.75) is 57.6 Å². The van der Waals surface area contributed by atoms with Crippen LogP contribution in [-0.4, -0.2) is 50.9 Å². The molecule has 3 aromatic rings. The van der Waals surface area contributed by atoms with E-state index in [-0.39, 0.29) is 29.1 Å². The zero-order chi connectivity index (χ0) is 29.4. The number of nitrogens with zero attached hydrogens (tertiary/aromatic N) is 2. The maximum Gasteiger partial charge on any atom is 0.264 e. The van der Waals surface area contributed by atoms with Gasteiger partial charge >= 0.3 is 0 Å². The lowest BCUT2D eigenvalue weighted by Gasteiger charge is -2.32. The van der Waals surface area contributed by atoms with Gasteiger partial charge in [0.05, 0.1) is 17.7 Å². The lowest BCUT2D eigenvalue weighted by molar-refractivity contribution is -0.139. The van der Waals surface area contributed by atoms with E-state index in [2.05, 4.69) is 21.2 Å². The van der Waals surface area contributed by atoms with Crippen molar-refractivity contribution in [3.8, 4) is 5.75 Å². The molecule has 2 atom stereocenters. The van der Waals surface area contributed by atoms with Gasteiger partial charge in [0.2, 0.25) is 11.8 Å². The van der Waals surface area contributed by atoms with E-state index in [0.29, 0.717) is 5.75 Å². The van der Waals surface area contributed by atoms with E-state index in [1.807, 2.05) is 45.0 Å². The smallest absolute Gasteiger partial charge is 0.264 e. The van der Waals surface area contributed by atoms with Gasteiger partial charge in [-0.25, -0.2) is 8.42 Å². The number of carbonyl (C=O) groups is 2. The van der Waals surface area contributed by atoms with E-state index >= 15 is 0 Å². The van der Waals surface area contributed by atoms with Gasteiger partial charge in [-0.05, 0) is 69.2 Å². The third kappa shape index (κ3) is 7.63. The Balaban J connectivity index is 2.06. The van der Waals surface area contributed by atoms with Gasteiger partial charge < -0.3 is 15.0 Å². The van der Waals surface area contributed by atoms with Crippen molar-refractivity contribution in [1.29, 1.82) is 0 Å². The molecule has 0 aliphatic carbocycles. The molecule has 40 heavy (non-hydrogen) atoms. The highest BCUT2D eigenvalue weighted by molar-refractivity contribution is 9.10. The second-order valence-electron chi connectivity index (χ2n) is 9.64. The average molecular weight is 631 g/mol. The summed E-state index contributed by atoms with van der Waals surface area (Å²) in [4.78, 5) is 28.6. The van der Waals surface area contributed by atoms with Crippen LogP contribution in [-0.2, 0) is 26.2 Å². The number of amides is 2. The van der Waals surface area contributed by atoms with Gasteiger partial charge in [0.15, 0.2) is 0 Å². The van der Waals surface area contributed by atoms with Crippen LogP contribution in [0.15, 0.2) is 82.2 Å². The van der Waals surface area contributed by atoms with Gasteiger partial charge in [-0.15, -0.1) is 0 Å². The minimum Gasteiger partial charge on any atom is -0.495 e. The number of sulfonamides is 1. The number of hydrogen-bond donors (Lipinski definition) is 1. The van der Waals surface area contributed by atoms with E-state index in [4.69, 9.17) is 4.74 Å². The molecule has 0 heterocycles. The van der Waals surface area contributed by atoms with Gasteiger partial charge in [0.25, 0.3) is 10.0 Å². The molecule has 0 aliphatic rings. The number of anilines is 1. The summed E-state index contributed by atoms with van der Waals surface area (Å²) < 4.78 is 35.3. The number of para-hydroxylation sites is 2. The molecule has 1 N–H and O–H groups in total. The van der Waals surface area contributed by atoms with E-state index in [0.717, 1.165) is 26.3 Å². The Morgan fingerprint density at radius 2 is 1.68 bits per heavy atom. The Labute approximate surface area is 245 Å². The molecule has 0 fully saturated rings. The monoisotopic (exact) mass is 629 g/mol. The minimum atomic E-state index is -4.18. The molecule has 10 heteroatoms.